The normalized spacial score (nSPS) is 12.8. The maximum absolute atomic E-state index is 12.8. The van der Waals surface area contributed by atoms with Gasteiger partial charge in [-0.15, -0.1) is 0 Å². The Morgan fingerprint density at radius 3 is 0.899 bits per heavy atom. The van der Waals surface area contributed by atoms with E-state index in [9.17, 15) is 14.4 Å². The fourth-order valence-electron chi connectivity index (χ4n) is 7.77. The molecule has 394 valence electrons. The molecule has 0 N–H and O–H groups in total. The average molecular weight is 960 g/mol. The minimum atomic E-state index is -0.795. The molecule has 6 nitrogen and oxygen atoms in total. The molecule has 0 fully saturated rings. The van der Waals surface area contributed by atoms with Gasteiger partial charge in [0.05, 0.1) is 0 Å². The Kier molecular flexibility index (Phi) is 53.9. The van der Waals surface area contributed by atoms with E-state index in [4.69, 9.17) is 14.2 Å². The van der Waals surface area contributed by atoms with Gasteiger partial charge in [-0.3, -0.25) is 14.4 Å². The molecule has 1 atom stereocenters. The third-order valence-corrected chi connectivity index (χ3v) is 12.1. The summed E-state index contributed by atoms with van der Waals surface area (Å²) in [6.07, 6.45) is 75.6. The van der Waals surface area contributed by atoms with Crippen LogP contribution in [0.15, 0.2) is 97.2 Å². The van der Waals surface area contributed by atoms with Gasteiger partial charge in [0.2, 0.25) is 0 Å². The van der Waals surface area contributed by atoms with Crippen LogP contribution in [0.2, 0.25) is 0 Å². The molecule has 0 aromatic carbocycles. The molecule has 0 saturated carbocycles. The predicted molar refractivity (Wildman–Crippen MR) is 297 cm³/mol. The SMILES string of the molecule is CC/C=C\C/C=C\C/C=C\C/C=C\C/C=C\CCCCCC(=O)OC(COC(=O)CCCCCCCCC)COC(=O)CCCCCCCCCCCC/C=C\C/C=C\C/C=C\CCCCCCC. The Balaban J connectivity index is 4.25. The zero-order valence-electron chi connectivity index (χ0n) is 45.0. The first-order valence-corrected chi connectivity index (χ1v) is 28.7. The predicted octanol–water partition coefficient (Wildman–Crippen LogP) is 19.3. The van der Waals surface area contributed by atoms with E-state index in [-0.39, 0.29) is 37.5 Å². The number of unbranched alkanes of at least 4 members (excludes halogenated alkanes) is 24. The van der Waals surface area contributed by atoms with Gasteiger partial charge in [-0.2, -0.15) is 0 Å². The number of esters is 3. The summed E-state index contributed by atoms with van der Waals surface area (Å²) >= 11 is 0. The van der Waals surface area contributed by atoms with Crippen LogP contribution < -0.4 is 0 Å². The second-order valence-electron chi connectivity index (χ2n) is 18.8. The van der Waals surface area contributed by atoms with Crippen molar-refractivity contribution in [1.29, 1.82) is 0 Å². The molecule has 0 aliphatic rings. The molecule has 1 unspecified atom stereocenters. The third kappa shape index (κ3) is 55.1. The van der Waals surface area contributed by atoms with Gasteiger partial charge in [0, 0.05) is 19.3 Å². The largest absolute Gasteiger partial charge is 0.462 e. The van der Waals surface area contributed by atoms with Crippen molar-refractivity contribution in [1.82, 2.24) is 0 Å². The number of allylic oxidation sites excluding steroid dienone is 16. The van der Waals surface area contributed by atoms with E-state index in [2.05, 4.69) is 118 Å². The maximum Gasteiger partial charge on any atom is 0.306 e. The molecule has 0 heterocycles. The first kappa shape index (κ1) is 65.3. The summed E-state index contributed by atoms with van der Waals surface area (Å²) < 4.78 is 16.8. The minimum absolute atomic E-state index is 0.0921. The van der Waals surface area contributed by atoms with Crippen molar-refractivity contribution < 1.29 is 28.6 Å². The molecule has 0 bridgehead atoms. The van der Waals surface area contributed by atoms with Gasteiger partial charge in [0.1, 0.15) is 13.2 Å². The molecule has 69 heavy (non-hydrogen) atoms. The summed E-state index contributed by atoms with van der Waals surface area (Å²) in [5.74, 6) is -0.934. The number of carbonyl (C=O) groups excluding carboxylic acids is 3. The van der Waals surface area contributed by atoms with E-state index in [1.807, 2.05) is 0 Å². The zero-order valence-corrected chi connectivity index (χ0v) is 45.0. The molecule has 0 aliphatic carbocycles. The molecular weight excluding hydrogens is 853 g/mol. The summed E-state index contributed by atoms with van der Waals surface area (Å²) in [5.41, 5.74) is 0. The molecule has 0 spiro atoms. The average Bonchev–Trinajstić information content (AvgIpc) is 3.35. The molecule has 0 aromatic rings. The number of ether oxygens (including phenoxy) is 3. The van der Waals surface area contributed by atoms with Crippen LogP contribution in [0, 0.1) is 0 Å². The fourth-order valence-corrected chi connectivity index (χ4v) is 7.77. The lowest BCUT2D eigenvalue weighted by atomic mass is 10.1. The summed E-state index contributed by atoms with van der Waals surface area (Å²) in [4.78, 5) is 37.9. The van der Waals surface area contributed by atoms with Gasteiger partial charge in [0.15, 0.2) is 6.10 Å². The lowest BCUT2D eigenvalue weighted by Crippen LogP contribution is -2.30. The highest BCUT2D eigenvalue weighted by Crippen LogP contribution is 2.14. The van der Waals surface area contributed by atoms with Crippen molar-refractivity contribution in [3.8, 4) is 0 Å². The van der Waals surface area contributed by atoms with Crippen molar-refractivity contribution >= 4 is 17.9 Å². The van der Waals surface area contributed by atoms with Crippen LogP contribution in [0.1, 0.15) is 265 Å². The summed E-state index contributed by atoms with van der Waals surface area (Å²) in [5, 5.41) is 0. The van der Waals surface area contributed by atoms with E-state index in [0.717, 1.165) is 109 Å². The van der Waals surface area contributed by atoms with Crippen molar-refractivity contribution in [3.05, 3.63) is 97.2 Å². The summed E-state index contributed by atoms with van der Waals surface area (Å²) in [6.45, 7) is 6.44. The van der Waals surface area contributed by atoms with E-state index in [1.54, 1.807) is 0 Å². The van der Waals surface area contributed by atoms with Gasteiger partial charge in [-0.25, -0.2) is 0 Å². The van der Waals surface area contributed by atoms with Crippen LogP contribution in [-0.4, -0.2) is 37.2 Å². The summed E-state index contributed by atoms with van der Waals surface area (Å²) in [6, 6.07) is 0. The molecule has 0 radical (unpaired) electrons. The zero-order chi connectivity index (χ0) is 50.0. The summed E-state index contributed by atoms with van der Waals surface area (Å²) in [7, 11) is 0. The molecule has 0 aliphatic heterocycles. The van der Waals surface area contributed by atoms with E-state index >= 15 is 0 Å². The minimum Gasteiger partial charge on any atom is -0.462 e. The van der Waals surface area contributed by atoms with Crippen LogP contribution >= 0.6 is 0 Å². The number of rotatable bonds is 51. The van der Waals surface area contributed by atoms with Gasteiger partial charge in [-0.1, -0.05) is 240 Å². The Morgan fingerprint density at radius 1 is 0.304 bits per heavy atom. The van der Waals surface area contributed by atoms with Gasteiger partial charge >= 0.3 is 17.9 Å². The Labute approximate surface area is 426 Å². The molecule has 0 rings (SSSR count). The first-order chi connectivity index (χ1) is 34.0. The van der Waals surface area contributed by atoms with E-state index < -0.39 is 6.10 Å². The molecule has 0 saturated heterocycles. The molecule has 6 heteroatoms. The Morgan fingerprint density at radius 2 is 0.565 bits per heavy atom. The van der Waals surface area contributed by atoms with Crippen LogP contribution in [0.4, 0.5) is 0 Å². The van der Waals surface area contributed by atoms with Crippen LogP contribution in [0.3, 0.4) is 0 Å². The van der Waals surface area contributed by atoms with Crippen molar-refractivity contribution in [3.63, 3.8) is 0 Å². The number of hydrogen-bond donors (Lipinski definition) is 0. The van der Waals surface area contributed by atoms with Crippen LogP contribution in [0.25, 0.3) is 0 Å². The third-order valence-electron chi connectivity index (χ3n) is 12.1. The second kappa shape index (κ2) is 56.9. The van der Waals surface area contributed by atoms with Crippen molar-refractivity contribution in [2.75, 3.05) is 13.2 Å². The standard InChI is InChI=1S/C63H106O6/c1-4-7-10-13-16-18-20-22-24-26-28-29-30-31-32-33-35-36-38-40-42-44-47-50-53-56-62(65)68-59-60(58-67-61(64)55-52-49-46-15-12-9-6-3)69-63(66)57-54-51-48-45-43-41-39-37-34-27-25-23-21-19-17-14-11-8-5-2/h8,11,17,19-20,22-23,25-26,28,30-31,34,37,41,43,60H,4-7,9-10,12-16,18,21,24,27,29,32-33,35-36,38-40,42,44-59H2,1-3H3/b11-8-,19-17-,22-20-,25-23-,28-26-,31-30-,37-34-,43-41-. The lowest BCUT2D eigenvalue weighted by Gasteiger charge is -2.18. The van der Waals surface area contributed by atoms with Crippen LogP contribution in [0.5, 0.6) is 0 Å². The molecular formula is C63H106O6. The highest BCUT2D eigenvalue weighted by Gasteiger charge is 2.19. The Hall–Kier alpha value is -3.67. The number of hydrogen-bond acceptors (Lipinski definition) is 6. The number of carbonyl (C=O) groups is 3. The molecule has 0 amide bonds. The lowest BCUT2D eigenvalue weighted by molar-refractivity contribution is -0.167. The highest BCUT2D eigenvalue weighted by molar-refractivity contribution is 5.71. The maximum atomic E-state index is 12.8. The van der Waals surface area contributed by atoms with Crippen LogP contribution in [-0.2, 0) is 28.6 Å². The first-order valence-electron chi connectivity index (χ1n) is 28.7. The topological polar surface area (TPSA) is 78.9 Å². The smallest absolute Gasteiger partial charge is 0.306 e. The second-order valence-corrected chi connectivity index (χ2v) is 18.8. The highest BCUT2D eigenvalue weighted by atomic mass is 16.6. The Bertz CT molecular complexity index is 1380. The van der Waals surface area contributed by atoms with Gasteiger partial charge in [0.25, 0.3) is 0 Å². The monoisotopic (exact) mass is 959 g/mol. The fraction of sp³-hybridized carbons (Fsp3) is 0.698. The molecule has 0 aromatic heterocycles. The van der Waals surface area contributed by atoms with Crippen molar-refractivity contribution in [2.24, 2.45) is 0 Å². The van der Waals surface area contributed by atoms with E-state index in [1.165, 1.54) is 116 Å². The quantitative estimate of drug-likeness (QED) is 0.0262. The van der Waals surface area contributed by atoms with Crippen molar-refractivity contribution in [2.45, 2.75) is 271 Å². The van der Waals surface area contributed by atoms with E-state index in [0.29, 0.717) is 12.8 Å². The van der Waals surface area contributed by atoms with Gasteiger partial charge in [-0.05, 0) is 103 Å². The van der Waals surface area contributed by atoms with Gasteiger partial charge < -0.3 is 14.2 Å².